The molecule has 0 bridgehead atoms. The van der Waals surface area contributed by atoms with Gasteiger partial charge in [-0.1, -0.05) is 12.1 Å². The predicted octanol–water partition coefficient (Wildman–Crippen LogP) is 1.59. The van der Waals surface area contributed by atoms with Crippen molar-refractivity contribution in [2.24, 2.45) is 0 Å². The maximum Gasteiger partial charge on any atom is 0.156 e. The number of β-amino-alcohol motifs (C(OH)–C–C–N with tert-alkyl or cyclic N) is 1. The highest BCUT2D eigenvalue weighted by atomic mass is 35.5. The smallest absolute Gasteiger partial charge is 0.156 e. The molecule has 1 aromatic carbocycles. The first-order valence-corrected chi connectivity index (χ1v) is 11.2. The monoisotopic (exact) mass is 500 g/mol. The number of ether oxygens (including phenoxy) is 1. The number of piperazine rings is 1. The molecule has 12 heteroatoms. The van der Waals surface area contributed by atoms with E-state index in [1.165, 1.54) is 17.1 Å². The number of morpholine rings is 1. The van der Waals surface area contributed by atoms with Crippen molar-refractivity contribution in [3.05, 3.63) is 64.9 Å². The van der Waals surface area contributed by atoms with Crippen LogP contribution in [0.5, 0.6) is 0 Å². The number of nitrogens with zero attached hydrogens (tertiary/aromatic N) is 8. The van der Waals surface area contributed by atoms with E-state index < -0.39 is 11.9 Å². The van der Waals surface area contributed by atoms with E-state index in [-0.39, 0.29) is 30.1 Å². The van der Waals surface area contributed by atoms with E-state index in [1.807, 2.05) is 12.1 Å². The van der Waals surface area contributed by atoms with Crippen molar-refractivity contribution in [3.8, 4) is 11.9 Å². The topological polar surface area (TPSA) is 116 Å². The number of nitriles is 1. The van der Waals surface area contributed by atoms with Gasteiger partial charge in [0, 0.05) is 50.5 Å². The van der Waals surface area contributed by atoms with Crippen molar-refractivity contribution in [2.75, 3.05) is 39.3 Å². The quantitative estimate of drug-likeness (QED) is 0.557. The molecule has 10 nitrogen and oxygen atoms in total. The second-order valence-corrected chi connectivity index (χ2v) is 8.70. The molecule has 3 atom stereocenters. The van der Waals surface area contributed by atoms with Crippen LogP contribution in [0.2, 0.25) is 0 Å². The van der Waals surface area contributed by atoms with Gasteiger partial charge in [0.1, 0.15) is 18.2 Å². The molecule has 2 saturated heterocycles. The third-order valence-electron chi connectivity index (χ3n) is 6.66. The molecule has 0 spiro atoms. The molecule has 0 saturated carbocycles. The highest BCUT2D eigenvalue weighted by Crippen LogP contribution is 2.31. The number of aliphatic hydroxyl groups excluding tert-OH is 1. The van der Waals surface area contributed by atoms with Gasteiger partial charge in [-0.25, -0.2) is 9.37 Å². The summed E-state index contributed by atoms with van der Waals surface area (Å²) >= 11 is 0. The Hall–Kier alpha value is -3.01. The normalized spacial score (nSPS) is 21.5. The van der Waals surface area contributed by atoms with Crippen LogP contribution in [0.25, 0.3) is 5.82 Å². The molecule has 2 aromatic heterocycles. The van der Waals surface area contributed by atoms with Gasteiger partial charge in [0.25, 0.3) is 0 Å². The van der Waals surface area contributed by atoms with Crippen molar-refractivity contribution in [2.45, 2.75) is 25.2 Å². The van der Waals surface area contributed by atoms with Gasteiger partial charge < -0.3 is 9.84 Å². The Bertz CT molecular complexity index is 1190. The van der Waals surface area contributed by atoms with Crippen LogP contribution < -0.4 is 0 Å². The molecule has 1 unspecified atom stereocenters. The van der Waals surface area contributed by atoms with Gasteiger partial charge >= 0.3 is 0 Å². The summed E-state index contributed by atoms with van der Waals surface area (Å²) in [5.74, 6) is 0.0894. The molecule has 2 aliphatic heterocycles. The predicted molar refractivity (Wildman–Crippen MR) is 126 cm³/mol. The van der Waals surface area contributed by atoms with Gasteiger partial charge in [-0.3, -0.25) is 9.80 Å². The fourth-order valence-corrected chi connectivity index (χ4v) is 4.73. The largest absolute Gasteiger partial charge is 0.387 e. The molecule has 35 heavy (non-hydrogen) atoms. The molecule has 5 rings (SSSR count). The van der Waals surface area contributed by atoms with E-state index in [0.717, 1.165) is 30.8 Å². The van der Waals surface area contributed by atoms with Crippen LogP contribution in [0.3, 0.4) is 0 Å². The molecule has 0 aliphatic carbocycles. The Morgan fingerprint density at radius 2 is 2.11 bits per heavy atom. The van der Waals surface area contributed by atoms with E-state index in [1.54, 1.807) is 25.3 Å². The zero-order chi connectivity index (χ0) is 23.7. The van der Waals surface area contributed by atoms with Crippen LogP contribution in [-0.4, -0.2) is 85.5 Å². The molecule has 0 radical (unpaired) electrons. The Morgan fingerprint density at radius 3 is 2.83 bits per heavy atom. The van der Waals surface area contributed by atoms with E-state index >= 15 is 0 Å². The lowest BCUT2D eigenvalue weighted by molar-refractivity contribution is -0.0939. The minimum Gasteiger partial charge on any atom is -0.387 e. The third kappa shape index (κ3) is 5.17. The average molecular weight is 501 g/mol. The van der Waals surface area contributed by atoms with Crippen LogP contribution in [-0.2, 0) is 4.74 Å². The summed E-state index contributed by atoms with van der Waals surface area (Å²) in [6, 6.07) is 8.85. The van der Waals surface area contributed by atoms with Gasteiger partial charge in [-0.2, -0.15) is 9.94 Å². The lowest BCUT2D eigenvalue weighted by Crippen LogP contribution is -2.58. The number of hydrogen-bond donors (Lipinski definition) is 1. The molecular formula is C23H26ClFN8O2. The number of aromatic nitrogens is 5. The summed E-state index contributed by atoms with van der Waals surface area (Å²) in [7, 11) is 0. The van der Waals surface area contributed by atoms with Gasteiger partial charge in [0.2, 0.25) is 0 Å². The number of fused-ring (bicyclic) bond motifs is 1. The summed E-state index contributed by atoms with van der Waals surface area (Å²) in [4.78, 5) is 8.95. The van der Waals surface area contributed by atoms with Crippen molar-refractivity contribution < 1.29 is 14.2 Å². The fourth-order valence-electron chi connectivity index (χ4n) is 4.73. The number of benzene rings is 1. The van der Waals surface area contributed by atoms with Crippen molar-refractivity contribution in [3.63, 3.8) is 0 Å². The van der Waals surface area contributed by atoms with Crippen LogP contribution in [0.4, 0.5) is 4.39 Å². The zero-order valence-electron chi connectivity index (χ0n) is 19.2. The van der Waals surface area contributed by atoms with Crippen molar-refractivity contribution in [1.82, 2.24) is 35.0 Å². The van der Waals surface area contributed by atoms with Gasteiger partial charge in [-0.05, 0) is 40.6 Å². The van der Waals surface area contributed by atoms with Gasteiger partial charge in [-0.15, -0.1) is 17.5 Å². The van der Waals surface area contributed by atoms with E-state index in [0.29, 0.717) is 31.1 Å². The summed E-state index contributed by atoms with van der Waals surface area (Å²) in [5.41, 5.74) is 2.33. The number of pyridine rings is 1. The van der Waals surface area contributed by atoms with Crippen LogP contribution in [0.1, 0.15) is 34.5 Å². The summed E-state index contributed by atoms with van der Waals surface area (Å²) in [5, 5.41) is 31.0. The summed E-state index contributed by atoms with van der Waals surface area (Å²) < 4.78 is 21.5. The van der Waals surface area contributed by atoms with E-state index in [4.69, 9.17) is 4.74 Å². The zero-order valence-corrected chi connectivity index (χ0v) is 20.0. The number of rotatable bonds is 5. The summed E-state index contributed by atoms with van der Waals surface area (Å²) in [6.07, 6.45) is 2.26. The van der Waals surface area contributed by atoms with Gasteiger partial charge in [0.15, 0.2) is 5.82 Å². The van der Waals surface area contributed by atoms with E-state index in [9.17, 15) is 14.8 Å². The first kappa shape index (κ1) is 25.1. The molecule has 2 aliphatic rings. The van der Waals surface area contributed by atoms with Crippen molar-refractivity contribution >= 4 is 12.4 Å². The second kappa shape index (κ2) is 10.7. The maximum atomic E-state index is 13.9. The Morgan fingerprint density at radius 1 is 1.26 bits per heavy atom. The van der Waals surface area contributed by atoms with Crippen LogP contribution in [0, 0.1) is 24.1 Å². The number of tetrazole rings is 1. The van der Waals surface area contributed by atoms with Crippen LogP contribution in [0.15, 0.2) is 36.8 Å². The number of aliphatic hydroxyl groups is 1. The Kier molecular flexibility index (Phi) is 7.69. The minimum atomic E-state index is -0.662. The fraction of sp³-hybridized carbons (Fsp3) is 0.435. The molecule has 3 aromatic rings. The first-order chi connectivity index (χ1) is 16.5. The lowest BCUT2D eigenvalue weighted by Gasteiger charge is -2.46. The van der Waals surface area contributed by atoms with E-state index in [2.05, 4.69) is 30.3 Å². The van der Waals surface area contributed by atoms with Crippen molar-refractivity contribution in [1.29, 1.82) is 5.26 Å². The third-order valence-corrected chi connectivity index (χ3v) is 6.66. The highest BCUT2D eigenvalue weighted by Gasteiger charge is 2.35. The maximum absolute atomic E-state index is 13.9. The molecule has 1 N–H and O–H groups in total. The highest BCUT2D eigenvalue weighted by molar-refractivity contribution is 5.85. The molecule has 4 heterocycles. The Balaban J connectivity index is 0.00000289. The average Bonchev–Trinajstić information content (AvgIpc) is 3.39. The number of hydrogen-bond acceptors (Lipinski definition) is 9. The second-order valence-electron chi connectivity index (χ2n) is 8.70. The molecular weight excluding hydrogens is 475 g/mol. The molecule has 184 valence electrons. The number of halogens is 2. The molecule has 0 amide bonds. The summed E-state index contributed by atoms with van der Waals surface area (Å²) in [6.45, 7) is 5.96. The van der Waals surface area contributed by atoms with Gasteiger partial charge in [0.05, 0.1) is 24.4 Å². The minimum absolute atomic E-state index is 0. The SMILES string of the molecule is Cc1c([C@@H]2CN3CCN(CC(O)c4ccc(-n5cnnn5)nc4)C[C@H]3CO2)ccc(F)c1C#N.Cl. The molecule has 2 fully saturated rings. The van der Waals surface area contributed by atoms with Crippen LogP contribution >= 0.6 is 12.4 Å². The standard InChI is InChI=1S/C23H25FN8O2.ClH/c1-15-18(3-4-20(24)19(15)8-25)22-12-31-7-6-30(10-17(31)13-34-22)11-21(33)16-2-5-23(26-9-16)32-14-27-28-29-32;/h2-5,9,14,17,21-22,33H,6-7,10-13H2,1H3;1H/t17-,21?,22-;/m0./s1. The Labute approximate surface area is 208 Å². The lowest BCUT2D eigenvalue weighted by atomic mass is 9.96. The first-order valence-electron chi connectivity index (χ1n) is 11.2.